The van der Waals surface area contributed by atoms with Crippen molar-refractivity contribution in [1.82, 2.24) is 0 Å². The van der Waals surface area contributed by atoms with E-state index in [2.05, 4.69) is 13.8 Å². The van der Waals surface area contributed by atoms with Crippen molar-refractivity contribution in [2.45, 2.75) is 57.6 Å². The summed E-state index contributed by atoms with van der Waals surface area (Å²) in [5, 5.41) is 0. The van der Waals surface area contributed by atoms with Gasteiger partial charge in [-0.3, -0.25) is 0 Å². The first kappa shape index (κ1) is 13.9. The van der Waals surface area contributed by atoms with Crippen LogP contribution in [-0.4, -0.2) is 32.0 Å². The lowest BCUT2D eigenvalue weighted by molar-refractivity contribution is -0.0868. The van der Waals surface area contributed by atoms with E-state index in [1.807, 2.05) is 0 Å². The highest BCUT2D eigenvalue weighted by Crippen LogP contribution is 2.36. The molecule has 1 fully saturated rings. The molecule has 3 atom stereocenters. The number of rotatable bonds is 6. The zero-order valence-corrected chi connectivity index (χ0v) is 11.0. The van der Waals surface area contributed by atoms with Crippen molar-refractivity contribution < 1.29 is 9.47 Å². The van der Waals surface area contributed by atoms with Crippen molar-refractivity contribution >= 4 is 0 Å². The van der Waals surface area contributed by atoms with E-state index in [4.69, 9.17) is 15.2 Å². The molecule has 0 bridgehead atoms. The molecule has 0 aromatic rings. The van der Waals surface area contributed by atoms with E-state index in [1.54, 1.807) is 7.11 Å². The van der Waals surface area contributed by atoms with Crippen LogP contribution in [0.1, 0.15) is 46.0 Å². The summed E-state index contributed by atoms with van der Waals surface area (Å²) in [6.45, 7) is 5.81. The minimum atomic E-state index is -0.147. The second-order valence-electron chi connectivity index (χ2n) is 5.15. The molecule has 16 heavy (non-hydrogen) atoms. The van der Waals surface area contributed by atoms with Crippen LogP contribution in [0.15, 0.2) is 0 Å². The molecular formula is C13H27NO2. The van der Waals surface area contributed by atoms with Crippen LogP contribution in [0.2, 0.25) is 0 Å². The van der Waals surface area contributed by atoms with Gasteiger partial charge in [0.05, 0.1) is 18.2 Å². The maximum atomic E-state index is 6.25. The lowest BCUT2D eigenvalue weighted by Crippen LogP contribution is -2.54. The Balaban J connectivity index is 2.49. The predicted octanol–water partition coefficient (Wildman–Crippen LogP) is 2.34. The zero-order chi connectivity index (χ0) is 12.0. The molecule has 0 heterocycles. The lowest BCUT2D eigenvalue weighted by atomic mass is 9.75. The molecule has 3 unspecified atom stereocenters. The first-order chi connectivity index (χ1) is 7.64. The minimum Gasteiger partial charge on any atom is -0.380 e. The van der Waals surface area contributed by atoms with Crippen LogP contribution in [0.4, 0.5) is 0 Å². The number of hydrogen-bond acceptors (Lipinski definition) is 3. The summed E-state index contributed by atoms with van der Waals surface area (Å²) in [7, 11) is 1.79. The first-order valence-electron chi connectivity index (χ1n) is 6.53. The molecule has 0 amide bonds. The summed E-state index contributed by atoms with van der Waals surface area (Å²) in [6.07, 6.45) is 5.71. The summed E-state index contributed by atoms with van der Waals surface area (Å²) < 4.78 is 11.3. The van der Waals surface area contributed by atoms with Crippen LogP contribution in [0.3, 0.4) is 0 Å². The van der Waals surface area contributed by atoms with Crippen molar-refractivity contribution in [3.8, 4) is 0 Å². The average molecular weight is 229 g/mol. The number of nitrogens with two attached hydrogens (primary N) is 1. The van der Waals surface area contributed by atoms with Gasteiger partial charge in [-0.2, -0.15) is 0 Å². The second-order valence-corrected chi connectivity index (χ2v) is 5.15. The van der Waals surface area contributed by atoms with Crippen LogP contribution in [-0.2, 0) is 9.47 Å². The van der Waals surface area contributed by atoms with Gasteiger partial charge in [-0.1, -0.05) is 26.7 Å². The van der Waals surface area contributed by atoms with Gasteiger partial charge in [-0.15, -0.1) is 0 Å². The summed E-state index contributed by atoms with van der Waals surface area (Å²) in [6, 6.07) is 0.00630. The van der Waals surface area contributed by atoms with Crippen LogP contribution in [0, 0.1) is 5.92 Å². The second kappa shape index (κ2) is 6.58. The van der Waals surface area contributed by atoms with Gasteiger partial charge >= 0.3 is 0 Å². The Hall–Kier alpha value is -0.120. The first-order valence-corrected chi connectivity index (χ1v) is 6.53. The summed E-state index contributed by atoms with van der Waals surface area (Å²) in [4.78, 5) is 0. The summed E-state index contributed by atoms with van der Waals surface area (Å²) in [5.74, 6) is 0.714. The van der Waals surface area contributed by atoms with Crippen molar-refractivity contribution in [2.75, 3.05) is 20.3 Å². The smallest absolute Gasteiger partial charge is 0.0853 e. The maximum absolute atomic E-state index is 6.25. The monoisotopic (exact) mass is 229 g/mol. The highest BCUT2D eigenvalue weighted by molar-refractivity contribution is 4.95. The molecule has 3 heteroatoms. The van der Waals surface area contributed by atoms with Gasteiger partial charge < -0.3 is 15.2 Å². The summed E-state index contributed by atoms with van der Waals surface area (Å²) in [5.41, 5.74) is 6.10. The molecule has 1 rings (SSSR count). The van der Waals surface area contributed by atoms with E-state index in [-0.39, 0.29) is 11.6 Å². The van der Waals surface area contributed by atoms with Crippen molar-refractivity contribution in [3.05, 3.63) is 0 Å². The Morgan fingerprint density at radius 1 is 1.50 bits per heavy atom. The van der Waals surface area contributed by atoms with Gasteiger partial charge in [0, 0.05) is 13.7 Å². The van der Waals surface area contributed by atoms with E-state index in [0.29, 0.717) is 12.5 Å². The third-order valence-electron chi connectivity index (χ3n) is 3.72. The van der Waals surface area contributed by atoms with Crippen LogP contribution >= 0.6 is 0 Å². The Morgan fingerprint density at radius 3 is 2.81 bits per heavy atom. The molecule has 1 aliphatic rings. The molecule has 0 aliphatic heterocycles. The highest BCUT2D eigenvalue weighted by atomic mass is 16.5. The fourth-order valence-electron chi connectivity index (χ4n) is 2.72. The molecular weight excluding hydrogens is 202 g/mol. The molecule has 1 saturated carbocycles. The normalized spacial score (nSPS) is 32.6. The molecule has 0 aromatic carbocycles. The summed E-state index contributed by atoms with van der Waals surface area (Å²) >= 11 is 0. The van der Waals surface area contributed by atoms with Crippen LogP contribution in [0.25, 0.3) is 0 Å². The molecule has 2 N–H and O–H groups in total. The molecule has 1 aliphatic carbocycles. The van der Waals surface area contributed by atoms with Gasteiger partial charge in [-0.05, 0) is 25.2 Å². The van der Waals surface area contributed by atoms with E-state index in [1.165, 1.54) is 12.8 Å². The van der Waals surface area contributed by atoms with Crippen molar-refractivity contribution in [3.63, 3.8) is 0 Å². The minimum absolute atomic E-state index is 0.00630. The quantitative estimate of drug-likeness (QED) is 0.711. The molecule has 3 nitrogen and oxygen atoms in total. The Labute approximate surface area is 99.7 Å². The van der Waals surface area contributed by atoms with Crippen molar-refractivity contribution in [2.24, 2.45) is 11.7 Å². The standard InChI is InChI=1S/C13H27NO2/c1-4-8-16-10-12(14)13(15-3)7-5-6-11(2)9-13/h11-12H,4-10,14H2,1-3H3. The van der Waals surface area contributed by atoms with Crippen LogP contribution in [0.5, 0.6) is 0 Å². The molecule has 0 saturated heterocycles. The lowest BCUT2D eigenvalue weighted by Gasteiger charge is -2.43. The van der Waals surface area contributed by atoms with Gasteiger partial charge in [0.15, 0.2) is 0 Å². The van der Waals surface area contributed by atoms with Gasteiger partial charge in [0.2, 0.25) is 0 Å². The fraction of sp³-hybridized carbons (Fsp3) is 1.00. The largest absolute Gasteiger partial charge is 0.380 e. The number of methoxy groups -OCH3 is 1. The third kappa shape index (κ3) is 3.44. The van der Waals surface area contributed by atoms with Gasteiger partial charge in [-0.25, -0.2) is 0 Å². The molecule has 0 radical (unpaired) electrons. The fourth-order valence-corrected chi connectivity index (χ4v) is 2.72. The molecule has 0 spiro atoms. The molecule has 96 valence electrons. The van der Waals surface area contributed by atoms with E-state index < -0.39 is 0 Å². The molecule has 0 aromatic heterocycles. The Morgan fingerprint density at radius 2 is 2.25 bits per heavy atom. The third-order valence-corrected chi connectivity index (χ3v) is 3.72. The SMILES string of the molecule is CCCOCC(N)C1(OC)CCCC(C)C1. The number of ether oxygens (including phenoxy) is 2. The van der Waals surface area contributed by atoms with Crippen LogP contribution < -0.4 is 5.73 Å². The maximum Gasteiger partial charge on any atom is 0.0853 e. The average Bonchev–Trinajstić information content (AvgIpc) is 2.29. The number of hydrogen-bond donors (Lipinski definition) is 1. The van der Waals surface area contributed by atoms with Gasteiger partial charge in [0.25, 0.3) is 0 Å². The predicted molar refractivity (Wildman–Crippen MR) is 66.5 cm³/mol. The van der Waals surface area contributed by atoms with Gasteiger partial charge in [0.1, 0.15) is 0 Å². The van der Waals surface area contributed by atoms with E-state index in [0.717, 1.165) is 25.9 Å². The zero-order valence-electron chi connectivity index (χ0n) is 11.0. The topological polar surface area (TPSA) is 44.5 Å². The Kier molecular flexibility index (Phi) is 5.73. The van der Waals surface area contributed by atoms with E-state index >= 15 is 0 Å². The highest BCUT2D eigenvalue weighted by Gasteiger charge is 2.40. The van der Waals surface area contributed by atoms with E-state index in [9.17, 15) is 0 Å². The Bertz CT molecular complexity index is 198. The van der Waals surface area contributed by atoms with Crippen molar-refractivity contribution in [1.29, 1.82) is 0 Å².